The number of nitrogens with one attached hydrogen (secondary N) is 1. The van der Waals surface area contributed by atoms with E-state index in [9.17, 15) is 0 Å². The molecule has 0 atom stereocenters. The van der Waals surface area contributed by atoms with Gasteiger partial charge in [-0.05, 0) is 23.4 Å². The summed E-state index contributed by atoms with van der Waals surface area (Å²) in [5.74, 6) is 0.481. The van der Waals surface area contributed by atoms with Crippen LogP contribution in [0.3, 0.4) is 0 Å². The molecule has 1 aromatic carbocycles. The van der Waals surface area contributed by atoms with Crippen LogP contribution in [-0.2, 0) is 17.8 Å². The number of benzene rings is 1. The molecule has 3 N–H and O–H groups in total. The molecule has 0 saturated heterocycles. The van der Waals surface area contributed by atoms with Crippen LogP contribution in [0.25, 0.3) is 0 Å². The number of thiophene rings is 1. The van der Waals surface area contributed by atoms with E-state index in [-0.39, 0.29) is 0 Å². The Morgan fingerprint density at radius 1 is 1.19 bits per heavy atom. The van der Waals surface area contributed by atoms with E-state index < -0.39 is 0 Å². The van der Waals surface area contributed by atoms with Gasteiger partial charge in [-0.1, -0.05) is 36.4 Å². The van der Waals surface area contributed by atoms with Gasteiger partial charge in [-0.25, -0.2) is 0 Å². The van der Waals surface area contributed by atoms with Gasteiger partial charge >= 0.3 is 0 Å². The highest BCUT2D eigenvalue weighted by atomic mass is 32.1. The van der Waals surface area contributed by atoms with Gasteiger partial charge in [0.1, 0.15) is 0 Å². The predicted octanol–water partition coefficient (Wildman–Crippen LogP) is 2.41. The maximum Gasteiger partial charge on any atom is 0.188 e. The molecule has 0 aliphatic heterocycles. The molecule has 0 fully saturated rings. The van der Waals surface area contributed by atoms with Crippen molar-refractivity contribution in [2.24, 2.45) is 10.7 Å². The third-order valence-electron chi connectivity index (χ3n) is 2.89. The number of hydrogen-bond acceptors (Lipinski definition) is 3. The van der Waals surface area contributed by atoms with Crippen LogP contribution < -0.4 is 11.1 Å². The molecule has 2 rings (SSSR count). The highest BCUT2D eigenvalue weighted by molar-refractivity contribution is 7.09. The standard InChI is InChI=1S/C16H21N3OS/c17-16(18-9-8-15-7-4-12-21-15)19-10-11-20-13-14-5-2-1-3-6-14/h1-7,12H,8-11,13H2,(H3,17,18,19). The number of guanidine groups is 1. The SMILES string of the molecule is NC(=NCCOCc1ccccc1)NCCc1cccs1. The van der Waals surface area contributed by atoms with Gasteiger partial charge in [-0.2, -0.15) is 0 Å². The molecule has 4 nitrogen and oxygen atoms in total. The molecule has 0 aliphatic carbocycles. The third kappa shape index (κ3) is 6.42. The van der Waals surface area contributed by atoms with E-state index in [1.807, 2.05) is 30.3 Å². The van der Waals surface area contributed by atoms with Gasteiger partial charge in [0.25, 0.3) is 0 Å². The molecule has 0 amide bonds. The second-order valence-electron chi connectivity index (χ2n) is 4.56. The van der Waals surface area contributed by atoms with E-state index in [1.54, 1.807) is 11.3 Å². The molecule has 0 radical (unpaired) electrons. The normalized spacial score (nSPS) is 11.5. The van der Waals surface area contributed by atoms with Crippen LogP contribution in [0.4, 0.5) is 0 Å². The van der Waals surface area contributed by atoms with Crippen LogP contribution >= 0.6 is 11.3 Å². The summed E-state index contributed by atoms with van der Waals surface area (Å²) in [6.45, 7) is 2.57. The highest BCUT2D eigenvalue weighted by Crippen LogP contribution is 2.07. The number of ether oxygens (including phenoxy) is 1. The van der Waals surface area contributed by atoms with Crippen LogP contribution in [0.15, 0.2) is 52.8 Å². The molecule has 0 unspecified atom stereocenters. The van der Waals surface area contributed by atoms with Gasteiger partial charge in [0.15, 0.2) is 5.96 Å². The number of nitrogens with two attached hydrogens (primary N) is 1. The lowest BCUT2D eigenvalue weighted by atomic mass is 10.2. The number of nitrogens with zero attached hydrogens (tertiary/aromatic N) is 1. The summed E-state index contributed by atoms with van der Waals surface area (Å²) in [7, 11) is 0. The molecular weight excluding hydrogens is 282 g/mol. The van der Waals surface area contributed by atoms with Gasteiger partial charge in [-0.3, -0.25) is 4.99 Å². The average molecular weight is 303 g/mol. The molecule has 2 aromatic rings. The molecule has 1 aromatic heterocycles. The van der Waals surface area contributed by atoms with Gasteiger partial charge in [0.05, 0.1) is 19.8 Å². The van der Waals surface area contributed by atoms with Crippen molar-refractivity contribution in [1.82, 2.24) is 5.32 Å². The molecule has 0 spiro atoms. The van der Waals surface area contributed by atoms with Crippen molar-refractivity contribution >= 4 is 17.3 Å². The molecule has 1 heterocycles. The van der Waals surface area contributed by atoms with Gasteiger partial charge in [-0.15, -0.1) is 11.3 Å². The Kier molecular flexibility index (Phi) is 6.77. The first-order valence-corrected chi connectivity index (χ1v) is 7.90. The lowest BCUT2D eigenvalue weighted by Crippen LogP contribution is -2.33. The van der Waals surface area contributed by atoms with Crippen molar-refractivity contribution in [2.75, 3.05) is 19.7 Å². The summed E-state index contributed by atoms with van der Waals surface area (Å²) < 4.78 is 5.54. The van der Waals surface area contributed by atoms with E-state index in [0.29, 0.717) is 25.7 Å². The van der Waals surface area contributed by atoms with Gasteiger partial charge in [0.2, 0.25) is 0 Å². The van der Waals surface area contributed by atoms with Gasteiger partial charge < -0.3 is 15.8 Å². The topological polar surface area (TPSA) is 59.6 Å². The van der Waals surface area contributed by atoms with Crippen LogP contribution in [0.1, 0.15) is 10.4 Å². The smallest absolute Gasteiger partial charge is 0.188 e. The number of hydrogen-bond donors (Lipinski definition) is 2. The second kappa shape index (κ2) is 9.15. The Balaban J connectivity index is 1.54. The van der Waals surface area contributed by atoms with E-state index in [0.717, 1.165) is 13.0 Å². The quantitative estimate of drug-likeness (QED) is 0.447. The fraction of sp³-hybridized carbons (Fsp3) is 0.312. The fourth-order valence-electron chi connectivity index (χ4n) is 1.82. The number of rotatable bonds is 8. The zero-order valence-electron chi connectivity index (χ0n) is 12.0. The Morgan fingerprint density at radius 3 is 2.81 bits per heavy atom. The minimum atomic E-state index is 0.481. The van der Waals surface area contributed by atoms with Gasteiger partial charge in [0, 0.05) is 11.4 Å². The largest absolute Gasteiger partial charge is 0.375 e. The summed E-state index contributed by atoms with van der Waals surface area (Å²) in [6, 6.07) is 14.3. The monoisotopic (exact) mass is 303 g/mol. The predicted molar refractivity (Wildman–Crippen MR) is 88.6 cm³/mol. The Bertz CT molecular complexity index is 526. The van der Waals surface area contributed by atoms with Crippen LogP contribution in [0, 0.1) is 0 Å². The lowest BCUT2D eigenvalue weighted by molar-refractivity contribution is 0.128. The van der Waals surface area contributed by atoms with E-state index >= 15 is 0 Å². The highest BCUT2D eigenvalue weighted by Gasteiger charge is 1.95. The van der Waals surface area contributed by atoms with Crippen molar-refractivity contribution in [1.29, 1.82) is 0 Å². The lowest BCUT2D eigenvalue weighted by Gasteiger charge is -2.05. The summed E-state index contributed by atoms with van der Waals surface area (Å²) >= 11 is 1.76. The molecular formula is C16H21N3OS. The van der Waals surface area contributed by atoms with E-state index in [1.165, 1.54) is 10.4 Å². The Morgan fingerprint density at radius 2 is 2.05 bits per heavy atom. The molecule has 0 aliphatic rings. The fourth-order valence-corrected chi connectivity index (χ4v) is 2.53. The van der Waals surface area contributed by atoms with Crippen LogP contribution in [0.5, 0.6) is 0 Å². The molecule has 0 saturated carbocycles. The third-order valence-corrected chi connectivity index (χ3v) is 3.82. The molecule has 0 bridgehead atoms. The van der Waals surface area contributed by atoms with E-state index in [4.69, 9.17) is 10.5 Å². The maximum absolute atomic E-state index is 5.79. The van der Waals surface area contributed by atoms with Crippen LogP contribution in [0.2, 0.25) is 0 Å². The van der Waals surface area contributed by atoms with Crippen molar-refractivity contribution < 1.29 is 4.74 Å². The Hall–Kier alpha value is -1.85. The maximum atomic E-state index is 5.79. The first kappa shape index (κ1) is 15.5. The minimum absolute atomic E-state index is 0.481. The van der Waals surface area contributed by atoms with Crippen LogP contribution in [-0.4, -0.2) is 25.7 Å². The Labute approximate surface area is 129 Å². The minimum Gasteiger partial charge on any atom is -0.375 e. The first-order valence-electron chi connectivity index (χ1n) is 7.02. The average Bonchev–Trinajstić information content (AvgIpc) is 3.01. The zero-order chi connectivity index (χ0) is 14.8. The van der Waals surface area contributed by atoms with Crippen molar-refractivity contribution in [3.63, 3.8) is 0 Å². The second-order valence-corrected chi connectivity index (χ2v) is 5.59. The molecule has 5 heteroatoms. The molecule has 21 heavy (non-hydrogen) atoms. The first-order chi connectivity index (χ1) is 10.3. The van der Waals surface area contributed by atoms with Crippen molar-refractivity contribution in [2.45, 2.75) is 13.0 Å². The summed E-state index contributed by atoms with van der Waals surface area (Å²) in [5, 5.41) is 5.19. The van der Waals surface area contributed by atoms with E-state index in [2.05, 4.69) is 27.8 Å². The summed E-state index contributed by atoms with van der Waals surface area (Å²) in [5.41, 5.74) is 6.96. The number of aliphatic imine (C=N–C) groups is 1. The van der Waals surface area contributed by atoms with Crippen molar-refractivity contribution in [3.8, 4) is 0 Å². The summed E-state index contributed by atoms with van der Waals surface area (Å²) in [6.07, 6.45) is 0.971. The molecule has 112 valence electrons. The van der Waals surface area contributed by atoms with Crippen molar-refractivity contribution in [3.05, 3.63) is 58.3 Å². The summed E-state index contributed by atoms with van der Waals surface area (Å²) in [4.78, 5) is 5.58. The zero-order valence-corrected chi connectivity index (χ0v) is 12.8.